The fraction of sp³-hybridized carbons (Fsp3) is 0.429. The van der Waals surface area contributed by atoms with Crippen molar-refractivity contribution in [1.82, 2.24) is 5.32 Å². The maximum Gasteiger partial charge on any atom is 0.329 e. The lowest BCUT2D eigenvalue weighted by Gasteiger charge is -2.24. The summed E-state index contributed by atoms with van der Waals surface area (Å²) in [5, 5.41) is 2.86. The van der Waals surface area contributed by atoms with Crippen molar-refractivity contribution < 1.29 is 9.59 Å². The summed E-state index contributed by atoms with van der Waals surface area (Å²) >= 11 is 6.75. The number of rotatable bonds is 4. The molecule has 1 unspecified atom stereocenters. The Kier molecular flexibility index (Phi) is 4.54. The molecule has 20 heavy (non-hydrogen) atoms. The van der Waals surface area contributed by atoms with E-state index in [9.17, 15) is 9.59 Å². The van der Waals surface area contributed by atoms with Gasteiger partial charge in [-0.3, -0.25) is 4.79 Å². The minimum Gasteiger partial charge on any atom is -0.323 e. The summed E-state index contributed by atoms with van der Waals surface area (Å²) in [6.07, 6.45) is 2.09. The highest BCUT2D eigenvalue weighted by Gasteiger charge is 2.49. The van der Waals surface area contributed by atoms with Crippen molar-refractivity contribution in [3.05, 3.63) is 27.1 Å². The molecule has 1 aliphatic heterocycles. The van der Waals surface area contributed by atoms with E-state index in [0.717, 1.165) is 15.4 Å². The number of carbonyl (C=O) groups is 2. The predicted octanol–water partition coefficient (Wildman–Crippen LogP) is 4.22. The molecule has 0 aliphatic carbocycles. The summed E-state index contributed by atoms with van der Waals surface area (Å²) in [5.41, 5.74) is -0.194. The largest absolute Gasteiger partial charge is 0.329 e. The van der Waals surface area contributed by atoms with Crippen molar-refractivity contribution in [3.8, 4) is 0 Å². The van der Waals surface area contributed by atoms with Crippen LogP contribution in [0, 0.1) is 0 Å². The maximum absolute atomic E-state index is 12.7. The molecule has 6 heteroatoms. The predicted molar refractivity (Wildman–Crippen MR) is 85.8 cm³/mol. The molecule has 108 valence electrons. The Labute approximate surface area is 135 Å². The fourth-order valence-corrected chi connectivity index (χ4v) is 3.81. The molecule has 1 heterocycles. The molecular weight excluding hydrogens is 388 g/mol. The summed E-state index contributed by atoms with van der Waals surface area (Å²) in [4.78, 5) is 26.1. The zero-order valence-electron chi connectivity index (χ0n) is 11.4. The number of amides is 3. The molecule has 0 radical (unpaired) electrons. The molecule has 1 atom stereocenters. The summed E-state index contributed by atoms with van der Waals surface area (Å²) in [7, 11) is 0. The number of nitrogens with one attached hydrogen (secondary N) is 1. The Balaban J connectivity index is 2.42. The molecule has 0 bridgehead atoms. The highest BCUT2D eigenvalue weighted by molar-refractivity contribution is 9.11. The number of anilines is 1. The van der Waals surface area contributed by atoms with E-state index in [0.29, 0.717) is 18.5 Å². The van der Waals surface area contributed by atoms with Crippen molar-refractivity contribution in [2.24, 2.45) is 0 Å². The third-order valence-corrected chi connectivity index (χ3v) is 4.46. The number of benzene rings is 1. The van der Waals surface area contributed by atoms with Gasteiger partial charge in [-0.15, -0.1) is 0 Å². The lowest BCUT2D eigenvalue weighted by Crippen LogP contribution is -2.46. The van der Waals surface area contributed by atoms with Crippen LogP contribution in [0.5, 0.6) is 0 Å². The fourth-order valence-electron chi connectivity index (χ4n) is 2.54. The number of hydrogen-bond donors (Lipinski definition) is 1. The Bertz CT molecular complexity index is 542. The van der Waals surface area contributed by atoms with E-state index in [2.05, 4.69) is 37.2 Å². The van der Waals surface area contributed by atoms with Gasteiger partial charge in [-0.25, -0.2) is 9.69 Å². The van der Waals surface area contributed by atoms with Gasteiger partial charge in [0.25, 0.3) is 5.91 Å². The van der Waals surface area contributed by atoms with Crippen molar-refractivity contribution >= 4 is 49.5 Å². The minimum absolute atomic E-state index is 0.170. The van der Waals surface area contributed by atoms with Crippen molar-refractivity contribution in [3.63, 3.8) is 0 Å². The molecular formula is C14H16Br2N2O2. The average Bonchev–Trinajstić information content (AvgIpc) is 2.60. The SMILES string of the molecule is CCCC1(CC)NC(=O)N(c2cc(Br)cc(Br)c2)C1=O. The first-order valence-electron chi connectivity index (χ1n) is 6.56. The molecule has 2 rings (SSSR count). The molecule has 1 fully saturated rings. The number of halogens is 2. The molecule has 1 aromatic carbocycles. The van der Waals surface area contributed by atoms with Crippen LogP contribution in [0.2, 0.25) is 0 Å². The van der Waals surface area contributed by atoms with Crippen LogP contribution in [0.15, 0.2) is 27.1 Å². The van der Waals surface area contributed by atoms with Crippen LogP contribution in [0.25, 0.3) is 0 Å². The van der Waals surface area contributed by atoms with Crippen molar-refractivity contribution in [2.75, 3.05) is 4.90 Å². The van der Waals surface area contributed by atoms with Crippen LogP contribution in [0.1, 0.15) is 33.1 Å². The van der Waals surface area contributed by atoms with Gasteiger partial charge in [0.1, 0.15) is 5.54 Å². The van der Waals surface area contributed by atoms with Gasteiger partial charge < -0.3 is 5.32 Å². The summed E-state index contributed by atoms with van der Waals surface area (Å²) in [6.45, 7) is 3.93. The molecule has 4 nitrogen and oxygen atoms in total. The first kappa shape index (κ1) is 15.5. The highest BCUT2D eigenvalue weighted by atomic mass is 79.9. The third-order valence-electron chi connectivity index (χ3n) is 3.55. The van der Waals surface area contributed by atoms with Gasteiger partial charge in [-0.2, -0.15) is 0 Å². The number of nitrogens with zero attached hydrogens (tertiary/aromatic N) is 1. The Morgan fingerprint density at radius 1 is 1.15 bits per heavy atom. The third kappa shape index (κ3) is 2.63. The van der Waals surface area contributed by atoms with Crippen LogP contribution in [0.4, 0.5) is 10.5 Å². The zero-order chi connectivity index (χ0) is 14.9. The summed E-state index contributed by atoms with van der Waals surface area (Å²) < 4.78 is 1.62. The molecule has 0 saturated carbocycles. The monoisotopic (exact) mass is 402 g/mol. The smallest absolute Gasteiger partial charge is 0.323 e. The first-order valence-corrected chi connectivity index (χ1v) is 8.15. The second-order valence-electron chi connectivity index (χ2n) is 4.88. The van der Waals surface area contributed by atoms with Gasteiger partial charge in [-0.05, 0) is 31.0 Å². The van der Waals surface area contributed by atoms with E-state index in [1.54, 1.807) is 12.1 Å². The van der Waals surface area contributed by atoms with Crippen LogP contribution in [-0.2, 0) is 4.79 Å². The van der Waals surface area contributed by atoms with Gasteiger partial charge in [0.15, 0.2) is 0 Å². The van der Waals surface area contributed by atoms with Crippen molar-refractivity contribution in [1.29, 1.82) is 0 Å². The van der Waals surface area contributed by atoms with Crippen LogP contribution < -0.4 is 10.2 Å². The normalized spacial score (nSPS) is 22.3. The Morgan fingerprint density at radius 2 is 1.75 bits per heavy atom. The topological polar surface area (TPSA) is 49.4 Å². The van der Waals surface area contributed by atoms with Gasteiger partial charge in [0, 0.05) is 8.95 Å². The highest BCUT2D eigenvalue weighted by Crippen LogP contribution is 2.33. The number of imide groups is 1. The van der Waals surface area contributed by atoms with Crippen LogP contribution >= 0.6 is 31.9 Å². The van der Waals surface area contributed by atoms with Crippen LogP contribution in [-0.4, -0.2) is 17.5 Å². The maximum atomic E-state index is 12.7. The van der Waals surface area contributed by atoms with E-state index in [1.807, 2.05) is 19.9 Å². The van der Waals surface area contributed by atoms with Gasteiger partial charge in [-0.1, -0.05) is 52.1 Å². The quantitative estimate of drug-likeness (QED) is 0.765. The van der Waals surface area contributed by atoms with Gasteiger partial charge in [0.2, 0.25) is 0 Å². The number of urea groups is 1. The number of carbonyl (C=O) groups excluding carboxylic acids is 2. The lowest BCUT2D eigenvalue weighted by molar-refractivity contribution is -0.122. The lowest BCUT2D eigenvalue weighted by atomic mass is 9.90. The molecule has 1 aliphatic rings. The van der Waals surface area contributed by atoms with Gasteiger partial charge >= 0.3 is 6.03 Å². The Morgan fingerprint density at radius 3 is 2.25 bits per heavy atom. The minimum atomic E-state index is -0.763. The number of hydrogen-bond acceptors (Lipinski definition) is 2. The van der Waals surface area contributed by atoms with E-state index in [4.69, 9.17) is 0 Å². The standard InChI is InChI=1S/C14H16Br2N2O2/c1-3-5-14(4-2)12(19)18(13(20)17-14)11-7-9(15)6-10(16)8-11/h6-8H,3-5H2,1-2H3,(H,17,20). The van der Waals surface area contributed by atoms with E-state index < -0.39 is 5.54 Å². The molecule has 1 aromatic rings. The molecule has 3 amide bonds. The summed E-state index contributed by atoms with van der Waals surface area (Å²) in [6, 6.07) is 5.04. The molecule has 0 spiro atoms. The molecule has 1 N–H and O–H groups in total. The first-order chi connectivity index (χ1) is 9.43. The van der Waals surface area contributed by atoms with E-state index >= 15 is 0 Å². The second-order valence-corrected chi connectivity index (χ2v) is 6.72. The van der Waals surface area contributed by atoms with E-state index in [-0.39, 0.29) is 11.9 Å². The zero-order valence-corrected chi connectivity index (χ0v) is 14.5. The molecule has 1 saturated heterocycles. The van der Waals surface area contributed by atoms with E-state index in [1.165, 1.54) is 4.90 Å². The summed E-state index contributed by atoms with van der Waals surface area (Å²) in [5.74, 6) is -0.170. The molecule has 0 aromatic heterocycles. The van der Waals surface area contributed by atoms with Crippen molar-refractivity contribution in [2.45, 2.75) is 38.6 Å². The Hall–Kier alpha value is -0.880. The van der Waals surface area contributed by atoms with Gasteiger partial charge in [0.05, 0.1) is 5.69 Å². The van der Waals surface area contributed by atoms with Crippen LogP contribution in [0.3, 0.4) is 0 Å². The average molecular weight is 404 g/mol. The second kappa shape index (κ2) is 5.85.